The highest BCUT2D eigenvalue weighted by Crippen LogP contribution is 2.30. The van der Waals surface area contributed by atoms with E-state index >= 15 is 0 Å². The van der Waals surface area contributed by atoms with Gasteiger partial charge in [-0.25, -0.2) is 0 Å². The highest BCUT2D eigenvalue weighted by atomic mass is 16.3. The lowest BCUT2D eigenvalue weighted by molar-refractivity contribution is -0.117. The first kappa shape index (κ1) is 12.0. The number of Topliss-reactive ketones (excluding diaryl/α,β-unsaturated/α-hetero) is 1. The third-order valence-electron chi connectivity index (χ3n) is 2.73. The Morgan fingerprint density at radius 3 is 2.53 bits per heavy atom. The van der Waals surface area contributed by atoms with E-state index in [1.54, 1.807) is 13.2 Å². The van der Waals surface area contributed by atoms with Gasteiger partial charge in [0, 0.05) is 12.3 Å². The number of ketones is 1. The van der Waals surface area contributed by atoms with Crippen molar-refractivity contribution in [3.8, 4) is 0 Å². The number of hydrogen-bond acceptors (Lipinski definition) is 2. The van der Waals surface area contributed by atoms with Gasteiger partial charge in [-0.1, -0.05) is 13.8 Å². The highest BCUT2D eigenvalue weighted by Gasteiger charge is 2.19. The molecule has 0 aromatic carbocycles. The molecule has 0 saturated carbocycles. The smallest absolute Gasteiger partial charge is 0.129 e. The minimum absolute atomic E-state index is 0.254. The van der Waals surface area contributed by atoms with Crippen LogP contribution in [-0.2, 0) is 4.79 Å². The molecular weight excluding hydrogens is 188 g/mol. The largest absolute Gasteiger partial charge is 0.469 e. The minimum atomic E-state index is 0.254. The SMILES string of the molecule is CC(=O)CC[C@H](c1cc(C)co1)C(C)C. The molecule has 1 heterocycles. The Labute approximate surface area is 91.7 Å². The maximum absolute atomic E-state index is 11.0. The maximum atomic E-state index is 11.0. The third-order valence-corrected chi connectivity index (χ3v) is 2.73. The van der Waals surface area contributed by atoms with Crippen LogP contribution in [0.2, 0.25) is 0 Å². The molecular formula is C13H20O2. The van der Waals surface area contributed by atoms with Crippen molar-refractivity contribution in [1.29, 1.82) is 0 Å². The van der Waals surface area contributed by atoms with Gasteiger partial charge in [-0.15, -0.1) is 0 Å². The summed E-state index contributed by atoms with van der Waals surface area (Å²) in [6.07, 6.45) is 3.31. The molecule has 0 fully saturated rings. The number of furan rings is 1. The standard InChI is InChI=1S/C13H20O2/c1-9(2)12(6-5-11(4)14)13-7-10(3)8-15-13/h7-9,12H,5-6H2,1-4H3/t12-/m0/s1. The summed E-state index contributed by atoms with van der Waals surface area (Å²) in [7, 11) is 0. The van der Waals surface area contributed by atoms with Gasteiger partial charge in [-0.2, -0.15) is 0 Å². The average molecular weight is 208 g/mol. The average Bonchev–Trinajstić information content (AvgIpc) is 2.51. The van der Waals surface area contributed by atoms with Crippen LogP contribution in [0, 0.1) is 12.8 Å². The van der Waals surface area contributed by atoms with Gasteiger partial charge in [0.15, 0.2) is 0 Å². The van der Waals surface area contributed by atoms with Crippen molar-refractivity contribution in [2.24, 2.45) is 5.92 Å². The van der Waals surface area contributed by atoms with E-state index in [-0.39, 0.29) is 5.78 Å². The van der Waals surface area contributed by atoms with Gasteiger partial charge in [-0.05, 0) is 37.8 Å². The predicted molar refractivity (Wildman–Crippen MR) is 60.9 cm³/mol. The quantitative estimate of drug-likeness (QED) is 0.738. The number of rotatable bonds is 5. The summed E-state index contributed by atoms with van der Waals surface area (Å²) in [4.78, 5) is 11.0. The van der Waals surface area contributed by atoms with E-state index in [2.05, 4.69) is 19.9 Å². The molecule has 1 rings (SSSR count). The fourth-order valence-electron chi connectivity index (χ4n) is 1.81. The van der Waals surface area contributed by atoms with Gasteiger partial charge in [-0.3, -0.25) is 0 Å². The molecule has 1 aromatic rings. The van der Waals surface area contributed by atoms with Crippen molar-refractivity contribution >= 4 is 5.78 Å². The molecule has 0 aliphatic heterocycles. The Balaban J connectivity index is 2.70. The molecule has 0 amide bonds. The fraction of sp³-hybridized carbons (Fsp3) is 0.615. The molecule has 2 nitrogen and oxygen atoms in total. The molecule has 84 valence electrons. The summed E-state index contributed by atoms with van der Waals surface area (Å²) in [6, 6.07) is 2.07. The van der Waals surface area contributed by atoms with Crippen molar-refractivity contribution < 1.29 is 9.21 Å². The second kappa shape index (κ2) is 5.15. The van der Waals surface area contributed by atoms with Crippen LogP contribution in [0.5, 0.6) is 0 Å². The molecule has 0 spiro atoms. The Bertz CT molecular complexity index is 323. The molecule has 0 radical (unpaired) electrons. The first-order valence-corrected chi connectivity index (χ1v) is 5.55. The van der Waals surface area contributed by atoms with E-state index in [4.69, 9.17) is 4.42 Å². The maximum Gasteiger partial charge on any atom is 0.129 e. The van der Waals surface area contributed by atoms with Crippen LogP contribution >= 0.6 is 0 Å². The Morgan fingerprint density at radius 2 is 2.13 bits per heavy atom. The second-order valence-electron chi connectivity index (χ2n) is 4.62. The summed E-state index contributed by atoms with van der Waals surface area (Å²) in [5.41, 5.74) is 1.15. The van der Waals surface area contributed by atoms with E-state index in [0.717, 1.165) is 17.7 Å². The van der Waals surface area contributed by atoms with Crippen LogP contribution in [0.4, 0.5) is 0 Å². The number of carbonyl (C=O) groups is 1. The molecule has 15 heavy (non-hydrogen) atoms. The molecule has 1 atom stereocenters. The summed E-state index contributed by atoms with van der Waals surface area (Å²) in [5.74, 6) is 2.14. The summed E-state index contributed by atoms with van der Waals surface area (Å²) < 4.78 is 5.51. The molecule has 0 bridgehead atoms. The van der Waals surface area contributed by atoms with E-state index < -0.39 is 0 Å². The summed E-state index contributed by atoms with van der Waals surface area (Å²) >= 11 is 0. The summed E-state index contributed by atoms with van der Waals surface area (Å²) in [5, 5.41) is 0. The Morgan fingerprint density at radius 1 is 1.47 bits per heavy atom. The molecule has 0 N–H and O–H groups in total. The lowest BCUT2D eigenvalue weighted by atomic mass is 9.88. The van der Waals surface area contributed by atoms with Gasteiger partial charge < -0.3 is 9.21 Å². The zero-order chi connectivity index (χ0) is 11.4. The number of carbonyl (C=O) groups excluding carboxylic acids is 1. The zero-order valence-electron chi connectivity index (χ0n) is 10.0. The fourth-order valence-corrected chi connectivity index (χ4v) is 1.81. The number of aryl methyl sites for hydroxylation is 1. The van der Waals surface area contributed by atoms with Crippen molar-refractivity contribution in [2.75, 3.05) is 0 Å². The normalized spacial score (nSPS) is 13.1. The van der Waals surface area contributed by atoms with Crippen molar-refractivity contribution in [3.63, 3.8) is 0 Å². The van der Waals surface area contributed by atoms with Crippen LogP contribution in [-0.4, -0.2) is 5.78 Å². The van der Waals surface area contributed by atoms with E-state index in [1.807, 2.05) is 6.92 Å². The Kier molecular flexibility index (Phi) is 4.13. The molecule has 1 aromatic heterocycles. The van der Waals surface area contributed by atoms with Gasteiger partial charge >= 0.3 is 0 Å². The van der Waals surface area contributed by atoms with Crippen LogP contribution in [0.25, 0.3) is 0 Å². The van der Waals surface area contributed by atoms with Crippen molar-refractivity contribution in [3.05, 3.63) is 23.7 Å². The predicted octanol–water partition coefficient (Wildman–Crippen LogP) is 3.70. The lowest BCUT2D eigenvalue weighted by Gasteiger charge is -2.17. The molecule has 0 aliphatic rings. The first-order chi connectivity index (χ1) is 7.00. The highest BCUT2D eigenvalue weighted by molar-refractivity contribution is 5.75. The lowest BCUT2D eigenvalue weighted by Crippen LogP contribution is -2.07. The van der Waals surface area contributed by atoms with E-state index in [9.17, 15) is 4.79 Å². The number of hydrogen-bond donors (Lipinski definition) is 0. The van der Waals surface area contributed by atoms with E-state index in [0.29, 0.717) is 18.3 Å². The minimum Gasteiger partial charge on any atom is -0.469 e. The van der Waals surface area contributed by atoms with Gasteiger partial charge in [0.2, 0.25) is 0 Å². The van der Waals surface area contributed by atoms with Crippen LogP contribution < -0.4 is 0 Å². The molecule has 0 unspecified atom stereocenters. The first-order valence-electron chi connectivity index (χ1n) is 5.55. The van der Waals surface area contributed by atoms with Crippen molar-refractivity contribution in [1.82, 2.24) is 0 Å². The van der Waals surface area contributed by atoms with Crippen LogP contribution in [0.3, 0.4) is 0 Å². The molecule has 0 saturated heterocycles. The van der Waals surface area contributed by atoms with Gasteiger partial charge in [0.25, 0.3) is 0 Å². The van der Waals surface area contributed by atoms with Gasteiger partial charge in [0.1, 0.15) is 11.5 Å². The third kappa shape index (κ3) is 3.54. The Hall–Kier alpha value is -1.05. The van der Waals surface area contributed by atoms with Crippen LogP contribution in [0.15, 0.2) is 16.7 Å². The van der Waals surface area contributed by atoms with E-state index in [1.165, 1.54) is 0 Å². The second-order valence-corrected chi connectivity index (χ2v) is 4.62. The summed E-state index contributed by atoms with van der Waals surface area (Å²) in [6.45, 7) is 8.01. The molecule has 2 heteroatoms. The zero-order valence-corrected chi connectivity index (χ0v) is 10.0. The molecule has 0 aliphatic carbocycles. The topological polar surface area (TPSA) is 30.2 Å². The monoisotopic (exact) mass is 208 g/mol. The van der Waals surface area contributed by atoms with Gasteiger partial charge in [0.05, 0.1) is 6.26 Å². The van der Waals surface area contributed by atoms with Crippen molar-refractivity contribution in [2.45, 2.75) is 46.5 Å². The van der Waals surface area contributed by atoms with Crippen LogP contribution in [0.1, 0.15) is 50.9 Å².